The van der Waals surface area contributed by atoms with Crippen molar-refractivity contribution in [2.45, 2.75) is 6.04 Å². The molecule has 260 valence electrons. The van der Waals surface area contributed by atoms with Gasteiger partial charge in [-0.3, -0.25) is 0 Å². The third-order valence-electron chi connectivity index (χ3n) is 10.0. The van der Waals surface area contributed by atoms with Gasteiger partial charge in [0.25, 0.3) is 0 Å². The van der Waals surface area contributed by atoms with E-state index in [2.05, 4.69) is 133 Å². The van der Waals surface area contributed by atoms with Crippen LogP contribution < -0.4 is 5.32 Å². The molecule has 0 spiro atoms. The SMILES string of the molecule is C1=C(c2ccccc2)N=C(c2ccccc2)NC1c1ccc(-c2ccc3c(sc4ccccc43)c2-c2nc(-c3ccccc3)nc(-c3ccccc3)n2)cc1. The maximum absolute atomic E-state index is 5.22. The van der Waals surface area contributed by atoms with Gasteiger partial charge in [-0.25, -0.2) is 19.9 Å². The van der Waals surface area contributed by atoms with Crippen LogP contribution in [0, 0.1) is 0 Å². The molecule has 0 aliphatic carbocycles. The smallest absolute Gasteiger partial charge is 0.166 e. The molecule has 5 nitrogen and oxygen atoms in total. The highest BCUT2D eigenvalue weighted by molar-refractivity contribution is 7.26. The Bertz CT molecular complexity index is 2810. The van der Waals surface area contributed by atoms with Crippen molar-refractivity contribution in [2.24, 2.45) is 4.99 Å². The first kappa shape index (κ1) is 32.6. The van der Waals surface area contributed by atoms with E-state index >= 15 is 0 Å². The van der Waals surface area contributed by atoms with Gasteiger partial charge >= 0.3 is 0 Å². The molecular formula is C49H33N5S. The van der Waals surface area contributed by atoms with Gasteiger partial charge in [0, 0.05) is 42.4 Å². The summed E-state index contributed by atoms with van der Waals surface area (Å²) in [6.07, 6.45) is 2.21. The number of aromatic nitrogens is 3. The third-order valence-corrected chi connectivity index (χ3v) is 11.2. The summed E-state index contributed by atoms with van der Waals surface area (Å²) in [7, 11) is 0. The van der Waals surface area contributed by atoms with Crippen LogP contribution in [0.1, 0.15) is 22.7 Å². The van der Waals surface area contributed by atoms with E-state index < -0.39 is 0 Å². The Balaban J connectivity index is 1.12. The second kappa shape index (κ2) is 14.1. The van der Waals surface area contributed by atoms with Gasteiger partial charge in [0.1, 0.15) is 5.84 Å². The highest BCUT2D eigenvalue weighted by atomic mass is 32.1. The van der Waals surface area contributed by atoms with E-state index in [-0.39, 0.29) is 6.04 Å². The van der Waals surface area contributed by atoms with E-state index in [1.54, 1.807) is 11.3 Å². The Morgan fingerprint density at radius 3 is 1.62 bits per heavy atom. The molecule has 9 aromatic rings. The highest BCUT2D eigenvalue weighted by Crippen LogP contribution is 2.44. The Kier molecular flexibility index (Phi) is 8.35. The van der Waals surface area contributed by atoms with Gasteiger partial charge in [0.05, 0.1) is 11.7 Å². The zero-order chi connectivity index (χ0) is 36.6. The molecule has 0 saturated heterocycles. The molecule has 0 fully saturated rings. The summed E-state index contributed by atoms with van der Waals surface area (Å²) >= 11 is 1.79. The van der Waals surface area contributed by atoms with Crippen LogP contribution in [0.3, 0.4) is 0 Å². The van der Waals surface area contributed by atoms with E-state index in [4.69, 9.17) is 19.9 Å². The number of rotatable bonds is 7. The van der Waals surface area contributed by atoms with E-state index in [0.29, 0.717) is 17.5 Å². The van der Waals surface area contributed by atoms with Crippen LogP contribution in [0.25, 0.3) is 71.2 Å². The fraction of sp³-hybridized carbons (Fsp3) is 0.0204. The van der Waals surface area contributed by atoms with Crippen LogP contribution in [0.5, 0.6) is 0 Å². The average Bonchev–Trinajstić information content (AvgIpc) is 3.66. The lowest BCUT2D eigenvalue weighted by Gasteiger charge is -2.24. The second-order valence-electron chi connectivity index (χ2n) is 13.5. The molecule has 0 saturated carbocycles. The lowest BCUT2D eigenvalue weighted by molar-refractivity contribution is 0.781. The minimum Gasteiger partial charge on any atom is -0.359 e. The number of fused-ring (bicyclic) bond motifs is 3. The van der Waals surface area contributed by atoms with E-state index in [1.807, 2.05) is 60.7 Å². The van der Waals surface area contributed by atoms with Gasteiger partial charge in [-0.05, 0) is 34.4 Å². The Labute approximate surface area is 323 Å². The summed E-state index contributed by atoms with van der Waals surface area (Å²) in [5.74, 6) is 2.79. The predicted molar refractivity (Wildman–Crippen MR) is 228 cm³/mol. The summed E-state index contributed by atoms with van der Waals surface area (Å²) in [5.41, 5.74) is 9.27. The Morgan fingerprint density at radius 2 is 0.982 bits per heavy atom. The molecule has 7 aromatic carbocycles. The van der Waals surface area contributed by atoms with Gasteiger partial charge in [0.15, 0.2) is 17.5 Å². The van der Waals surface area contributed by atoms with Gasteiger partial charge in [-0.1, -0.05) is 176 Å². The van der Waals surface area contributed by atoms with Gasteiger partial charge in [0.2, 0.25) is 0 Å². The average molecular weight is 724 g/mol. The van der Waals surface area contributed by atoms with Crippen LogP contribution in [-0.4, -0.2) is 20.8 Å². The molecule has 55 heavy (non-hydrogen) atoms. The number of amidine groups is 1. The van der Waals surface area contributed by atoms with E-state index in [1.165, 1.54) is 15.5 Å². The minimum absolute atomic E-state index is 0.0769. The van der Waals surface area contributed by atoms with Crippen molar-refractivity contribution in [3.05, 3.63) is 205 Å². The second-order valence-corrected chi connectivity index (χ2v) is 14.5. The van der Waals surface area contributed by atoms with Gasteiger partial charge < -0.3 is 5.32 Å². The molecule has 0 radical (unpaired) electrons. The summed E-state index contributed by atoms with van der Waals surface area (Å²) in [5, 5.41) is 6.13. The molecule has 3 heterocycles. The van der Waals surface area contributed by atoms with Crippen LogP contribution in [0.2, 0.25) is 0 Å². The van der Waals surface area contributed by atoms with Crippen LogP contribution in [-0.2, 0) is 0 Å². The molecule has 1 atom stereocenters. The van der Waals surface area contributed by atoms with E-state index in [0.717, 1.165) is 60.7 Å². The number of thiophene rings is 1. The zero-order valence-electron chi connectivity index (χ0n) is 29.7. The number of hydrogen-bond acceptors (Lipinski definition) is 6. The standard InChI is InChI=1S/C49H33N5S/c1-5-15-33(16-6-1)41-31-42(51-46(50-41)35-17-7-2-8-18-35)34-27-25-32(26-28-34)38-29-30-40-39-23-13-14-24-43(39)55-45(40)44(38)49-53-47(36-19-9-3-10-20-36)52-48(54-49)37-21-11-4-12-22-37/h1-31,42H,(H,50,51). The predicted octanol–water partition coefficient (Wildman–Crippen LogP) is 12.0. The third kappa shape index (κ3) is 6.28. The first-order valence-electron chi connectivity index (χ1n) is 18.3. The Morgan fingerprint density at radius 1 is 0.436 bits per heavy atom. The molecule has 1 aliphatic rings. The Hall–Kier alpha value is -7.02. The molecule has 10 rings (SSSR count). The van der Waals surface area contributed by atoms with Crippen LogP contribution >= 0.6 is 11.3 Å². The lowest BCUT2D eigenvalue weighted by atomic mass is 9.94. The van der Waals surface area contributed by atoms with Gasteiger partial charge in [-0.2, -0.15) is 0 Å². The molecule has 0 amide bonds. The molecular weight excluding hydrogens is 691 g/mol. The number of nitrogens with one attached hydrogen (secondary N) is 1. The van der Waals surface area contributed by atoms with Crippen molar-refractivity contribution >= 4 is 43.0 Å². The van der Waals surface area contributed by atoms with Gasteiger partial charge in [-0.15, -0.1) is 11.3 Å². The van der Waals surface area contributed by atoms with Crippen LogP contribution in [0.15, 0.2) is 193 Å². The normalized spacial score (nSPS) is 14.0. The summed E-state index contributed by atoms with van der Waals surface area (Å²) in [6, 6.07) is 62.9. The van der Waals surface area contributed by atoms with Crippen molar-refractivity contribution in [3.63, 3.8) is 0 Å². The molecule has 2 aromatic heterocycles. The summed E-state index contributed by atoms with van der Waals surface area (Å²) in [6.45, 7) is 0. The molecule has 6 heteroatoms. The molecule has 0 bridgehead atoms. The first-order valence-corrected chi connectivity index (χ1v) is 19.2. The quantitative estimate of drug-likeness (QED) is 0.178. The fourth-order valence-corrected chi connectivity index (χ4v) is 8.52. The highest BCUT2D eigenvalue weighted by Gasteiger charge is 2.23. The number of nitrogens with zero attached hydrogens (tertiary/aromatic N) is 4. The number of hydrogen-bond donors (Lipinski definition) is 1. The van der Waals surface area contributed by atoms with Crippen molar-refractivity contribution < 1.29 is 0 Å². The molecule has 1 unspecified atom stereocenters. The fourth-order valence-electron chi connectivity index (χ4n) is 7.27. The zero-order valence-corrected chi connectivity index (χ0v) is 30.5. The van der Waals surface area contributed by atoms with E-state index in [9.17, 15) is 0 Å². The maximum Gasteiger partial charge on any atom is 0.166 e. The first-order chi connectivity index (χ1) is 27.2. The van der Waals surface area contributed by atoms with Crippen LogP contribution in [0.4, 0.5) is 0 Å². The van der Waals surface area contributed by atoms with Crippen molar-refractivity contribution in [1.29, 1.82) is 0 Å². The minimum atomic E-state index is -0.0769. The largest absolute Gasteiger partial charge is 0.359 e. The van der Waals surface area contributed by atoms with Crippen molar-refractivity contribution in [1.82, 2.24) is 20.3 Å². The summed E-state index contributed by atoms with van der Waals surface area (Å²) in [4.78, 5) is 20.5. The molecule has 1 N–H and O–H groups in total. The van der Waals surface area contributed by atoms with Crippen molar-refractivity contribution in [2.75, 3.05) is 0 Å². The topological polar surface area (TPSA) is 63.1 Å². The monoisotopic (exact) mass is 723 g/mol. The molecule has 1 aliphatic heterocycles. The van der Waals surface area contributed by atoms with Crippen molar-refractivity contribution in [3.8, 4) is 45.3 Å². The summed E-state index contributed by atoms with van der Waals surface area (Å²) < 4.78 is 2.38. The number of aliphatic imine (C=N–C) groups is 1. The lowest BCUT2D eigenvalue weighted by Crippen LogP contribution is -2.31. The maximum atomic E-state index is 5.22. The number of benzene rings is 7.